The lowest BCUT2D eigenvalue weighted by molar-refractivity contribution is -0.137. The third kappa shape index (κ3) is 4.49. The Morgan fingerprint density at radius 1 is 1.05 bits per heavy atom. The summed E-state index contributed by atoms with van der Waals surface area (Å²) in [4.78, 5) is 14.4. The van der Waals surface area contributed by atoms with Gasteiger partial charge in [-0.2, -0.15) is 0 Å². The normalized spacial score (nSPS) is 17.7. The van der Waals surface area contributed by atoms with Crippen LogP contribution >= 0.6 is 0 Å². The average Bonchev–Trinajstić information content (AvgIpc) is 2.75. The van der Waals surface area contributed by atoms with E-state index in [1.165, 1.54) is 18.4 Å². The van der Waals surface area contributed by atoms with Gasteiger partial charge >= 0.3 is 0 Å². The molecule has 0 saturated carbocycles. The molecule has 3 nitrogen and oxygen atoms in total. The van der Waals surface area contributed by atoms with Crippen LogP contribution in [-0.2, 0) is 10.2 Å². The molecule has 1 amide bonds. The van der Waals surface area contributed by atoms with Crippen molar-refractivity contribution in [2.45, 2.75) is 64.9 Å². The molecule has 1 heterocycles. The zero-order chi connectivity index (χ0) is 16.2. The Bertz CT molecular complexity index is 479. The summed E-state index contributed by atoms with van der Waals surface area (Å²) in [5, 5.41) is 0. The number of hydrogen-bond donors (Lipinski definition) is 0. The second kappa shape index (κ2) is 7.17. The minimum absolute atomic E-state index is 0.113. The van der Waals surface area contributed by atoms with Crippen LogP contribution in [0.15, 0.2) is 24.3 Å². The summed E-state index contributed by atoms with van der Waals surface area (Å²) in [6.07, 6.45) is 4.26. The van der Waals surface area contributed by atoms with Crippen LogP contribution in [0.4, 0.5) is 0 Å². The number of amides is 1. The molecule has 1 saturated heterocycles. The third-order valence-corrected chi connectivity index (χ3v) is 4.30. The number of carbonyl (C=O) groups excluding carboxylic acids is 1. The first-order valence-corrected chi connectivity index (χ1v) is 8.44. The Balaban J connectivity index is 1.95. The second-order valence-corrected chi connectivity index (χ2v) is 7.27. The fraction of sp³-hybridized carbons (Fsp3) is 0.632. The van der Waals surface area contributed by atoms with Crippen molar-refractivity contribution < 1.29 is 9.53 Å². The molecule has 0 radical (unpaired) electrons. The van der Waals surface area contributed by atoms with Crippen LogP contribution in [0.5, 0.6) is 5.75 Å². The molecule has 1 atom stereocenters. The van der Waals surface area contributed by atoms with Crippen molar-refractivity contribution in [1.82, 2.24) is 4.90 Å². The molecule has 1 fully saturated rings. The lowest BCUT2D eigenvalue weighted by Crippen LogP contribution is -2.41. The second-order valence-electron chi connectivity index (χ2n) is 7.27. The standard InChI is InChI=1S/C19H29NO2/c1-15(18(21)20-13-7-5-6-8-14-20)22-17-11-9-16(10-12-17)19(2,3)4/h9-12,15H,5-8,13-14H2,1-4H3/t15-/m1/s1. The van der Waals surface area contributed by atoms with Gasteiger partial charge in [-0.25, -0.2) is 0 Å². The van der Waals surface area contributed by atoms with E-state index in [0.717, 1.165) is 31.7 Å². The minimum Gasteiger partial charge on any atom is -0.481 e. The van der Waals surface area contributed by atoms with Crippen molar-refractivity contribution in [3.8, 4) is 5.75 Å². The number of likely N-dealkylation sites (tertiary alicyclic amines) is 1. The van der Waals surface area contributed by atoms with Gasteiger partial charge in [0.15, 0.2) is 6.10 Å². The van der Waals surface area contributed by atoms with Gasteiger partial charge in [-0.3, -0.25) is 4.79 Å². The molecule has 1 aromatic carbocycles. The van der Waals surface area contributed by atoms with E-state index in [-0.39, 0.29) is 11.3 Å². The highest BCUT2D eigenvalue weighted by Gasteiger charge is 2.23. The highest BCUT2D eigenvalue weighted by atomic mass is 16.5. The summed E-state index contributed by atoms with van der Waals surface area (Å²) in [7, 11) is 0. The van der Waals surface area contributed by atoms with Gasteiger partial charge in [0.1, 0.15) is 5.75 Å². The Morgan fingerprint density at radius 3 is 2.09 bits per heavy atom. The van der Waals surface area contributed by atoms with Gasteiger partial charge in [0.2, 0.25) is 0 Å². The predicted molar refractivity (Wildman–Crippen MR) is 90.3 cm³/mol. The molecule has 3 heteroatoms. The Morgan fingerprint density at radius 2 is 1.59 bits per heavy atom. The van der Waals surface area contributed by atoms with Crippen LogP contribution in [0.1, 0.15) is 58.9 Å². The van der Waals surface area contributed by atoms with E-state index in [2.05, 4.69) is 32.9 Å². The van der Waals surface area contributed by atoms with Crippen LogP contribution in [0, 0.1) is 0 Å². The van der Waals surface area contributed by atoms with Gasteiger partial charge in [0, 0.05) is 13.1 Å². The fourth-order valence-electron chi connectivity index (χ4n) is 2.84. The highest BCUT2D eigenvalue weighted by molar-refractivity contribution is 5.80. The first-order valence-electron chi connectivity index (χ1n) is 8.44. The van der Waals surface area contributed by atoms with E-state index in [9.17, 15) is 4.79 Å². The number of rotatable bonds is 3. The zero-order valence-electron chi connectivity index (χ0n) is 14.4. The number of ether oxygens (including phenoxy) is 1. The molecular formula is C19H29NO2. The van der Waals surface area contributed by atoms with Crippen LogP contribution in [0.2, 0.25) is 0 Å². The molecular weight excluding hydrogens is 274 g/mol. The van der Waals surface area contributed by atoms with Gasteiger partial charge in [0.05, 0.1) is 0 Å². The Kier molecular flexibility index (Phi) is 5.49. The van der Waals surface area contributed by atoms with Gasteiger partial charge in [0.25, 0.3) is 5.91 Å². The number of hydrogen-bond acceptors (Lipinski definition) is 2. The maximum Gasteiger partial charge on any atom is 0.263 e. The van der Waals surface area contributed by atoms with Gasteiger partial charge < -0.3 is 9.64 Å². The van der Waals surface area contributed by atoms with Crippen LogP contribution < -0.4 is 4.74 Å². The lowest BCUT2D eigenvalue weighted by Gasteiger charge is -2.25. The van der Waals surface area contributed by atoms with Crippen LogP contribution in [0.25, 0.3) is 0 Å². The largest absolute Gasteiger partial charge is 0.481 e. The van der Waals surface area contributed by atoms with Crippen LogP contribution in [-0.4, -0.2) is 30.0 Å². The molecule has 0 aliphatic carbocycles. The van der Waals surface area contributed by atoms with Gasteiger partial charge in [-0.05, 0) is 42.9 Å². The monoisotopic (exact) mass is 303 g/mol. The fourth-order valence-corrected chi connectivity index (χ4v) is 2.84. The van der Waals surface area contributed by atoms with Crippen molar-refractivity contribution in [3.63, 3.8) is 0 Å². The zero-order valence-corrected chi connectivity index (χ0v) is 14.4. The maximum absolute atomic E-state index is 12.5. The van der Waals surface area contributed by atoms with Crippen LogP contribution in [0.3, 0.4) is 0 Å². The van der Waals surface area contributed by atoms with E-state index in [1.807, 2.05) is 24.0 Å². The Labute approximate surface area is 134 Å². The number of nitrogens with zero attached hydrogens (tertiary/aromatic N) is 1. The summed E-state index contributed by atoms with van der Waals surface area (Å²) in [5.41, 5.74) is 1.40. The molecule has 0 N–H and O–H groups in total. The highest BCUT2D eigenvalue weighted by Crippen LogP contribution is 2.25. The molecule has 122 valence electrons. The quantitative estimate of drug-likeness (QED) is 0.839. The van der Waals surface area contributed by atoms with E-state index < -0.39 is 6.10 Å². The minimum atomic E-state index is -0.418. The lowest BCUT2D eigenvalue weighted by atomic mass is 9.87. The smallest absolute Gasteiger partial charge is 0.263 e. The summed E-state index contributed by atoms with van der Waals surface area (Å²) in [6, 6.07) is 8.09. The first kappa shape index (κ1) is 16.9. The molecule has 1 aliphatic rings. The van der Waals surface area contributed by atoms with Crippen molar-refractivity contribution in [2.75, 3.05) is 13.1 Å². The summed E-state index contributed by atoms with van der Waals surface area (Å²) >= 11 is 0. The molecule has 0 unspecified atom stereocenters. The molecule has 0 bridgehead atoms. The predicted octanol–water partition coefficient (Wildman–Crippen LogP) is 4.15. The van der Waals surface area contributed by atoms with Crippen molar-refractivity contribution in [2.24, 2.45) is 0 Å². The van der Waals surface area contributed by atoms with Crippen molar-refractivity contribution in [1.29, 1.82) is 0 Å². The van der Waals surface area contributed by atoms with Gasteiger partial charge in [-0.1, -0.05) is 45.7 Å². The molecule has 22 heavy (non-hydrogen) atoms. The summed E-state index contributed by atoms with van der Waals surface area (Å²) in [6.45, 7) is 10.2. The van der Waals surface area contributed by atoms with E-state index >= 15 is 0 Å². The number of benzene rings is 1. The topological polar surface area (TPSA) is 29.5 Å². The van der Waals surface area contributed by atoms with E-state index in [1.54, 1.807) is 0 Å². The number of carbonyl (C=O) groups is 1. The SMILES string of the molecule is C[C@@H](Oc1ccc(C(C)(C)C)cc1)C(=O)N1CCCCCC1. The summed E-state index contributed by atoms with van der Waals surface area (Å²) in [5.74, 6) is 0.880. The maximum atomic E-state index is 12.5. The van der Waals surface area contributed by atoms with Gasteiger partial charge in [-0.15, -0.1) is 0 Å². The third-order valence-electron chi connectivity index (χ3n) is 4.30. The van der Waals surface area contributed by atoms with E-state index in [4.69, 9.17) is 4.74 Å². The first-order chi connectivity index (χ1) is 10.4. The van der Waals surface area contributed by atoms with Crippen molar-refractivity contribution >= 4 is 5.91 Å². The average molecular weight is 303 g/mol. The molecule has 0 aromatic heterocycles. The molecule has 1 aromatic rings. The van der Waals surface area contributed by atoms with E-state index in [0.29, 0.717) is 0 Å². The molecule has 1 aliphatic heterocycles. The Hall–Kier alpha value is -1.51. The van der Waals surface area contributed by atoms with Crippen molar-refractivity contribution in [3.05, 3.63) is 29.8 Å². The summed E-state index contributed by atoms with van der Waals surface area (Å²) < 4.78 is 5.85. The molecule has 2 rings (SSSR count). The molecule has 0 spiro atoms.